The Bertz CT molecular complexity index is 432. The number of hydrogen-bond acceptors (Lipinski definition) is 4. The Labute approximate surface area is 106 Å². The Balaban J connectivity index is 2.94. The molecule has 1 rings (SSSR count). The lowest BCUT2D eigenvalue weighted by atomic mass is 9.99. The molecule has 1 aromatic rings. The second-order valence-electron chi connectivity index (χ2n) is 3.81. The van der Waals surface area contributed by atoms with Crippen LogP contribution >= 0.6 is 0 Å². The Hall–Kier alpha value is -1.88. The molecule has 18 heavy (non-hydrogen) atoms. The highest BCUT2D eigenvalue weighted by molar-refractivity contribution is 5.94. The third-order valence-electron chi connectivity index (χ3n) is 2.53. The van der Waals surface area contributed by atoms with Crippen LogP contribution in [0.1, 0.15) is 25.3 Å². The van der Waals surface area contributed by atoms with Crippen LogP contribution in [0.4, 0.5) is 5.69 Å². The first-order valence-corrected chi connectivity index (χ1v) is 5.85. The Kier molecular flexibility index (Phi) is 5.32. The van der Waals surface area contributed by atoms with E-state index in [2.05, 4.69) is 5.32 Å². The Morgan fingerprint density at radius 2 is 2.06 bits per heavy atom. The first-order chi connectivity index (χ1) is 8.60. The first kappa shape index (κ1) is 14.2. The fourth-order valence-corrected chi connectivity index (χ4v) is 1.58. The maximum Gasteiger partial charge on any atom is 0.313 e. The third-order valence-corrected chi connectivity index (χ3v) is 2.53. The van der Waals surface area contributed by atoms with Crippen molar-refractivity contribution in [2.75, 3.05) is 18.5 Å². The summed E-state index contributed by atoms with van der Waals surface area (Å²) in [5.74, 6) is -1.04. The summed E-state index contributed by atoms with van der Waals surface area (Å²) in [6.45, 7) is 3.74. The van der Waals surface area contributed by atoms with E-state index in [0.29, 0.717) is 12.3 Å². The molecule has 5 nitrogen and oxygen atoms in total. The maximum absolute atomic E-state index is 11.7. The van der Waals surface area contributed by atoms with E-state index in [9.17, 15) is 9.59 Å². The number of esters is 1. The smallest absolute Gasteiger partial charge is 0.313 e. The predicted octanol–water partition coefficient (Wildman–Crippen LogP) is 1.25. The van der Waals surface area contributed by atoms with Crippen LogP contribution in [0.2, 0.25) is 0 Å². The standard InChI is InChI=1S/C13H18N2O3/c1-3-18-13(17)9(2)10-6-4-5-7-11(10)15-12(16)8-14/h4-7,9H,3,8,14H2,1-2H3,(H,15,16). The average Bonchev–Trinajstić information content (AvgIpc) is 2.38. The van der Waals surface area contributed by atoms with Gasteiger partial charge in [-0.1, -0.05) is 18.2 Å². The number of nitrogens with two attached hydrogens (primary N) is 1. The van der Waals surface area contributed by atoms with Crippen LogP contribution in [0.3, 0.4) is 0 Å². The number of nitrogens with one attached hydrogen (secondary N) is 1. The molecule has 0 bridgehead atoms. The Morgan fingerprint density at radius 1 is 1.39 bits per heavy atom. The van der Waals surface area contributed by atoms with Crippen LogP contribution in [-0.4, -0.2) is 25.0 Å². The number of carbonyl (C=O) groups excluding carboxylic acids is 2. The van der Waals surface area contributed by atoms with Crippen molar-refractivity contribution in [2.24, 2.45) is 5.73 Å². The van der Waals surface area contributed by atoms with Gasteiger partial charge in [-0.05, 0) is 25.5 Å². The van der Waals surface area contributed by atoms with E-state index in [4.69, 9.17) is 10.5 Å². The molecule has 0 aliphatic heterocycles. The average molecular weight is 250 g/mol. The molecule has 0 saturated carbocycles. The van der Waals surface area contributed by atoms with Crippen molar-refractivity contribution in [3.05, 3.63) is 29.8 Å². The highest BCUT2D eigenvalue weighted by atomic mass is 16.5. The minimum absolute atomic E-state index is 0.0951. The zero-order valence-electron chi connectivity index (χ0n) is 10.6. The molecule has 0 aliphatic carbocycles. The number of anilines is 1. The zero-order valence-corrected chi connectivity index (χ0v) is 10.6. The lowest BCUT2D eigenvalue weighted by Gasteiger charge is -2.15. The zero-order chi connectivity index (χ0) is 13.5. The quantitative estimate of drug-likeness (QED) is 0.771. The van der Waals surface area contributed by atoms with E-state index < -0.39 is 5.92 Å². The fraction of sp³-hybridized carbons (Fsp3) is 0.385. The molecular formula is C13H18N2O3. The van der Waals surface area contributed by atoms with Crippen molar-refractivity contribution in [3.8, 4) is 0 Å². The molecule has 1 amide bonds. The van der Waals surface area contributed by atoms with Crippen molar-refractivity contribution >= 4 is 17.6 Å². The number of rotatable bonds is 5. The second kappa shape index (κ2) is 6.76. The summed E-state index contributed by atoms with van der Waals surface area (Å²) >= 11 is 0. The van der Waals surface area contributed by atoms with Crippen LogP contribution in [0.5, 0.6) is 0 Å². The molecule has 5 heteroatoms. The van der Waals surface area contributed by atoms with Gasteiger partial charge in [0, 0.05) is 5.69 Å². The fourth-order valence-electron chi connectivity index (χ4n) is 1.58. The SMILES string of the molecule is CCOC(=O)C(C)c1ccccc1NC(=O)CN. The minimum atomic E-state index is -0.431. The van der Waals surface area contributed by atoms with Gasteiger partial charge in [-0.25, -0.2) is 0 Å². The number of ether oxygens (including phenoxy) is 1. The van der Waals surface area contributed by atoms with Gasteiger partial charge in [0.1, 0.15) is 0 Å². The van der Waals surface area contributed by atoms with Crippen molar-refractivity contribution < 1.29 is 14.3 Å². The van der Waals surface area contributed by atoms with Crippen molar-refractivity contribution in [1.29, 1.82) is 0 Å². The molecule has 1 aromatic carbocycles. The topological polar surface area (TPSA) is 81.4 Å². The van der Waals surface area contributed by atoms with Crippen molar-refractivity contribution in [3.63, 3.8) is 0 Å². The molecule has 0 radical (unpaired) electrons. The summed E-state index contributed by atoms with van der Waals surface area (Å²) in [6, 6.07) is 7.11. The van der Waals surface area contributed by atoms with Crippen molar-refractivity contribution in [1.82, 2.24) is 0 Å². The van der Waals surface area contributed by atoms with E-state index in [-0.39, 0.29) is 18.4 Å². The Morgan fingerprint density at radius 3 is 2.67 bits per heavy atom. The molecule has 0 aromatic heterocycles. The third kappa shape index (κ3) is 3.56. The largest absolute Gasteiger partial charge is 0.466 e. The normalized spacial score (nSPS) is 11.7. The van der Waals surface area contributed by atoms with Gasteiger partial charge in [0.2, 0.25) is 5.91 Å². The number of hydrogen-bond donors (Lipinski definition) is 2. The highest BCUT2D eigenvalue weighted by Crippen LogP contribution is 2.25. The minimum Gasteiger partial charge on any atom is -0.466 e. The van der Waals surface area contributed by atoms with Gasteiger partial charge < -0.3 is 15.8 Å². The van der Waals surface area contributed by atoms with Crippen LogP contribution < -0.4 is 11.1 Å². The molecule has 3 N–H and O–H groups in total. The molecule has 0 saturated heterocycles. The summed E-state index contributed by atoms with van der Waals surface area (Å²) in [7, 11) is 0. The molecule has 1 unspecified atom stereocenters. The molecule has 98 valence electrons. The van der Waals surface area contributed by atoms with Gasteiger partial charge in [0.25, 0.3) is 0 Å². The van der Waals surface area contributed by atoms with Gasteiger partial charge in [-0.3, -0.25) is 9.59 Å². The molecule has 0 fully saturated rings. The molecule has 0 spiro atoms. The van der Waals surface area contributed by atoms with E-state index >= 15 is 0 Å². The number of amides is 1. The van der Waals surface area contributed by atoms with Gasteiger partial charge in [0.15, 0.2) is 0 Å². The van der Waals surface area contributed by atoms with E-state index in [1.807, 2.05) is 6.07 Å². The lowest BCUT2D eigenvalue weighted by Crippen LogP contribution is -2.23. The summed E-state index contributed by atoms with van der Waals surface area (Å²) < 4.78 is 4.97. The molecular weight excluding hydrogens is 232 g/mol. The monoisotopic (exact) mass is 250 g/mol. The number of benzene rings is 1. The summed E-state index contributed by atoms with van der Waals surface area (Å²) in [6.07, 6.45) is 0. The van der Waals surface area contributed by atoms with Gasteiger partial charge in [0.05, 0.1) is 19.1 Å². The molecule has 0 heterocycles. The summed E-state index contributed by atoms with van der Waals surface area (Å²) in [5.41, 5.74) is 6.56. The van der Waals surface area contributed by atoms with Gasteiger partial charge >= 0.3 is 5.97 Å². The maximum atomic E-state index is 11.7. The molecule has 0 aliphatic rings. The summed E-state index contributed by atoms with van der Waals surface area (Å²) in [4.78, 5) is 23.0. The van der Waals surface area contributed by atoms with E-state index in [0.717, 1.165) is 5.56 Å². The van der Waals surface area contributed by atoms with Crippen LogP contribution in [0.25, 0.3) is 0 Å². The van der Waals surface area contributed by atoms with Crippen molar-refractivity contribution in [2.45, 2.75) is 19.8 Å². The first-order valence-electron chi connectivity index (χ1n) is 5.85. The lowest BCUT2D eigenvalue weighted by molar-refractivity contribution is -0.144. The summed E-state index contributed by atoms with van der Waals surface area (Å²) in [5, 5.41) is 2.67. The van der Waals surface area contributed by atoms with Gasteiger partial charge in [-0.15, -0.1) is 0 Å². The van der Waals surface area contributed by atoms with E-state index in [1.165, 1.54) is 0 Å². The number of para-hydroxylation sites is 1. The van der Waals surface area contributed by atoms with Crippen LogP contribution in [0.15, 0.2) is 24.3 Å². The number of carbonyl (C=O) groups is 2. The van der Waals surface area contributed by atoms with Crippen LogP contribution in [-0.2, 0) is 14.3 Å². The second-order valence-corrected chi connectivity index (χ2v) is 3.81. The van der Waals surface area contributed by atoms with Gasteiger partial charge in [-0.2, -0.15) is 0 Å². The highest BCUT2D eigenvalue weighted by Gasteiger charge is 2.19. The van der Waals surface area contributed by atoms with E-state index in [1.54, 1.807) is 32.0 Å². The molecule has 1 atom stereocenters. The predicted molar refractivity (Wildman–Crippen MR) is 69.2 cm³/mol. The van der Waals surface area contributed by atoms with Crippen LogP contribution in [0, 0.1) is 0 Å².